The summed E-state index contributed by atoms with van der Waals surface area (Å²) in [7, 11) is 0. The van der Waals surface area contributed by atoms with Crippen LogP contribution in [0.2, 0.25) is 0 Å². The van der Waals surface area contributed by atoms with Gasteiger partial charge in [0.25, 0.3) is 0 Å². The van der Waals surface area contributed by atoms with Crippen molar-refractivity contribution in [3.8, 4) is 0 Å². The predicted octanol–water partition coefficient (Wildman–Crippen LogP) is 3.51. The molecule has 0 bridgehead atoms. The molecule has 0 saturated heterocycles. The van der Waals surface area contributed by atoms with Crippen molar-refractivity contribution in [3.05, 3.63) is 35.5 Å². The van der Waals surface area contributed by atoms with Crippen molar-refractivity contribution in [2.24, 2.45) is 0 Å². The molecule has 2 aromatic rings. The number of carbonyl (C=O) groups is 1. The molecule has 0 aliphatic carbocycles. The lowest BCUT2D eigenvalue weighted by Gasteiger charge is -2.08. The van der Waals surface area contributed by atoms with Gasteiger partial charge in [-0.1, -0.05) is 11.6 Å². The molecule has 0 amide bonds. The number of fused-ring (bicyclic) bond motifs is 1. The molecule has 0 saturated carbocycles. The molecule has 1 aromatic carbocycles. The number of hydrogen-bond acceptors (Lipinski definition) is 4. The Hall–Kier alpha value is -1.55. The third kappa shape index (κ3) is 3.47. The SMILES string of the molecule is CCOC(=O)CSc1cc(C)nc2ccc(C)cc12. The van der Waals surface area contributed by atoms with E-state index in [1.165, 1.54) is 17.3 Å². The van der Waals surface area contributed by atoms with Gasteiger partial charge in [-0.05, 0) is 39.0 Å². The van der Waals surface area contributed by atoms with Crippen LogP contribution in [-0.4, -0.2) is 23.3 Å². The molecule has 4 heteroatoms. The van der Waals surface area contributed by atoms with Gasteiger partial charge in [0, 0.05) is 16.0 Å². The zero-order chi connectivity index (χ0) is 13.8. The minimum atomic E-state index is -0.178. The zero-order valence-corrected chi connectivity index (χ0v) is 12.2. The molecule has 3 nitrogen and oxygen atoms in total. The maximum atomic E-state index is 11.4. The summed E-state index contributed by atoms with van der Waals surface area (Å²) in [5.41, 5.74) is 3.12. The van der Waals surface area contributed by atoms with Crippen LogP contribution >= 0.6 is 11.8 Å². The second kappa shape index (κ2) is 6.06. The molecular weight excluding hydrogens is 258 g/mol. The highest BCUT2D eigenvalue weighted by Gasteiger charge is 2.08. The van der Waals surface area contributed by atoms with Gasteiger partial charge in [-0.25, -0.2) is 0 Å². The molecule has 0 aliphatic rings. The van der Waals surface area contributed by atoms with Gasteiger partial charge < -0.3 is 4.74 Å². The van der Waals surface area contributed by atoms with Crippen LogP contribution in [0, 0.1) is 13.8 Å². The van der Waals surface area contributed by atoms with E-state index in [0.717, 1.165) is 21.5 Å². The van der Waals surface area contributed by atoms with Crippen LogP contribution in [0.1, 0.15) is 18.2 Å². The van der Waals surface area contributed by atoms with E-state index in [-0.39, 0.29) is 5.97 Å². The molecule has 1 aromatic heterocycles. The fourth-order valence-electron chi connectivity index (χ4n) is 1.89. The number of aromatic nitrogens is 1. The molecule has 0 aliphatic heterocycles. The number of thioether (sulfide) groups is 1. The minimum absolute atomic E-state index is 0.178. The Morgan fingerprint density at radius 3 is 2.84 bits per heavy atom. The summed E-state index contributed by atoms with van der Waals surface area (Å²) < 4.78 is 4.95. The van der Waals surface area contributed by atoms with Crippen LogP contribution in [0.15, 0.2) is 29.2 Å². The Balaban J connectivity index is 2.30. The van der Waals surface area contributed by atoms with E-state index >= 15 is 0 Å². The molecule has 2 rings (SSSR count). The summed E-state index contributed by atoms with van der Waals surface area (Å²) in [6.45, 7) is 6.26. The highest BCUT2D eigenvalue weighted by molar-refractivity contribution is 8.00. The Labute approximate surface area is 117 Å². The molecule has 1 heterocycles. The lowest BCUT2D eigenvalue weighted by Crippen LogP contribution is -2.06. The maximum absolute atomic E-state index is 11.4. The van der Waals surface area contributed by atoms with Crippen molar-refractivity contribution in [1.29, 1.82) is 0 Å². The smallest absolute Gasteiger partial charge is 0.316 e. The number of rotatable bonds is 4. The maximum Gasteiger partial charge on any atom is 0.316 e. The number of pyridine rings is 1. The van der Waals surface area contributed by atoms with E-state index < -0.39 is 0 Å². The third-order valence-corrected chi connectivity index (χ3v) is 3.73. The van der Waals surface area contributed by atoms with Crippen LogP contribution in [-0.2, 0) is 9.53 Å². The van der Waals surface area contributed by atoms with Crippen molar-refractivity contribution >= 4 is 28.6 Å². The Bertz CT molecular complexity index is 610. The van der Waals surface area contributed by atoms with Gasteiger partial charge in [-0.3, -0.25) is 9.78 Å². The monoisotopic (exact) mass is 275 g/mol. The summed E-state index contributed by atoms with van der Waals surface area (Å²) in [5, 5.41) is 1.10. The van der Waals surface area contributed by atoms with Crippen LogP contribution in [0.5, 0.6) is 0 Å². The minimum Gasteiger partial charge on any atom is -0.465 e. The second-order valence-corrected chi connectivity index (χ2v) is 5.39. The number of esters is 1. The van der Waals surface area contributed by atoms with E-state index in [4.69, 9.17) is 4.74 Å². The standard InChI is InChI=1S/C15H17NO2S/c1-4-18-15(17)9-19-14-8-11(3)16-13-6-5-10(2)7-12(13)14/h5-8H,4,9H2,1-3H3. The summed E-state index contributed by atoms with van der Waals surface area (Å²) in [6, 6.07) is 8.20. The molecular formula is C15H17NO2S. The van der Waals surface area contributed by atoms with E-state index in [1.54, 1.807) is 0 Å². The van der Waals surface area contributed by atoms with Crippen LogP contribution < -0.4 is 0 Å². The number of benzene rings is 1. The third-order valence-electron chi connectivity index (χ3n) is 2.71. The first kappa shape index (κ1) is 13.9. The Morgan fingerprint density at radius 1 is 1.32 bits per heavy atom. The quantitative estimate of drug-likeness (QED) is 0.632. The molecule has 0 fully saturated rings. The fraction of sp³-hybridized carbons (Fsp3) is 0.333. The summed E-state index contributed by atoms with van der Waals surface area (Å²) in [4.78, 5) is 17.0. The highest BCUT2D eigenvalue weighted by atomic mass is 32.2. The average Bonchev–Trinajstić information content (AvgIpc) is 2.37. The first-order chi connectivity index (χ1) is 9.10. The van der Waals surface area contributed by atoms with Gasteiger partial charge in [-0.2, -0.15) is 0 Å². The van der Waals surface area contributed by atoms with Gasteiger partial charge in [0.2, 0.25) is 0 Å². The van der Waals surface area contributed by atoms with E-state index in [1.807, 2.05) is 26.0 Å². The largest absolute Gasteiger partial charge is 0.465 e. The van der Waals surface area contributed by atoms with Gasteiger partial charge in [-0.15, -0.1) is 11.8 Å². The van der Waals surface area contributed by atoms with Crippen LogP contribution in [0.4, 0.5) is 0 Å². The summed E-state index contributed by atoms with van der Waals surface area (Å²) >= 11 is 1.51. The fourth-order valence-corrected chi connectivity index (χ4v) is 2.82. The van der Waals surface area contributed by atoms with Crippen molar-refractivity contribution in [2.45, 2.75) is 25.7 Å². The number of hydrogen-bond donors (Lipinski definition) is 0. The molecule has 100 valence electrons. The molecule has 0 N–H and O–H groups in total. The van der Waals surface area contributed by atoms with Crippen molar-refractivity contribution in [1.82, 2.24) is 4.98 Å². The van der Waals surface area contributed by atoms with Crippen molar-refractivity contribution in [3.63, 3.8) is 0 Å². The number of aryl methyl sites for hydroxylation is 2. The number of nitrogens with zero attached hydrogens (tertiary/aromatic N) is 1. The van der Waals surface area contributed by atoms with Crippen molar-refractivity contribution < 1.29 is 9.53 Å². The second-order valence-electron chi connectivity index (χ2n) is 4.38. The lowest BCUT2D eigenvalue weighted by atomic mass is 10.1. The zero-order valence-electron chi connectivity index (χ0n) is 11.4. The van der Waals surface area contributed by atoms with E-state index in [9.17, 15) is 4.79 Å². The Morgan fingerprint density at radius 2 is 2.11 bits per heavy atom. The summed E-state index contributed by atoms with van der Waals surface area (Å²) in [5.74, 6) is 0.156. The van der Waals surface area contributed by atoms with Gasteiger partial charge >= 0.3 is 5.97 Å². The normalized spacial score (nSPS) is 10.7. The molecule has 19 heavy (non-hydrogen) atoms. The molecule has 0 unspecified atom stereocenters. The first-order valence-corrected chi connectivity index (χ1v) is 7.25. The predicted molar refractivity (Wildman–Crippen MR) is 78.6 cm³/mol. The Kier molecular flexibility index (Phi) is 4.43. The molecule has 0 radical (unpaired) electrons. The van der Waals surface area contributed by atoms with E-state index in [2.05, 4.69) is 24.0 Å². The first-order valence-electron chi connectivity index (χ1n) is 6.26. The topological polar surface area (TPSA) is 39.2 Å². The molecule has 0 atom stereocenters. The summed E-state index contributed by atoms with van der Waals surface area (Å²) in [6.07, 6.45) is 0. The lowest BCUT2D eigenvalue weighted by molar-refractivity contribution is -0.139. The number of ether oxygens (including phenoxy) is 1. The van der Waals surface area contributed by atoms with Gasteiger partial charge in [0.05, 0.1) is 17.9 Å². The van der Waals surface area contributed by atoms with Gasteiger partial charge in [0.15, 0.2) is 0 Å². The highest BCUT2D eigenvalue weighted by Crippen LogP contribution is 2.28. The van der Waals surface area contributed by atoms with Crippen LogP contribution in [0.25, 0.3) is 10.9 Å². The van der Waals surface area contributed by atoms with Gasteiger partial charge in [0.1, 0.15) is 0 Å². The van der Waals surface area contributed by atoms with Crippen molar-refractivity contribution in [2.75, 3.05) is 12.4 Å². The van der Waals surface area contributed by atoms with Crippen LogP contribution in [0.3, 0.4) is 0 Å². The average molecular weight is 275 g/mol. The molecule has 0 spiro atoms. The van der Waals surface area contributed by atoms with E-state index in [0.29, 0.717) is 12.4 Å². The number of carbonyl (C=O) groups excluding carboxylic acids is 1.